The maximum atomic E-state index is 12.0. The van der Waals surface area contributed by atoms with Gasteiger partial charge in [-0.25, -0.2) is 0 Å². The Labute approximate surface area is 151 Å². The predicted molar refractivity (Wildman–Crippen MR) is 102 cm³/mol. The maximum Gasteiger partial charge on any atom is 0.251 e. The Balaban J connectivity index is 1.91. The molecular weight excluding hydrogens is 368 g/mol. The highest BCUT2D eigenvalue weighted by molar-refractivity contribution is 9.10. The number of halogens is 1. The molecule has 0 fully saturated rings. The van der Waals surface area contributed by atoms with Crippen LogP contribution in [0.5, 0.6) is 5.75 Å². The van der Waals surface area contributed by atoms with Crippen molar-refractivity contribution >= 4 is 27.5 Å². The lowest BCUT2D eigenvalue weighted by molar-refractivity contribution is 0.0954. The van der Waals surface area contributed by atoms with Crippen LogP contribution >= 0.6 is 15.9 Å². The molecule has 1 amide bonds. The monoisotopic (exact) mass is 390 g/mol. The van der Waals surface area contributed by atoms with Crippen molar-refractivity contribution in [3.8, 4) is 5.75 Å². The second kappa shape index (κ2) is 8.73. The first-order valence-electron chi connectivity index (χ1n) is 8.15. The van der Waals surface area contributed by atoms with E-state index in [4.69, 9.17) is 0 Å². The zero-order valence-corrected chi connectivity index (χ0v) is 15.6. The van der Waals surface area contributed by atoms with E-state index in [1.807, 2.05) is 0 Å². The Kier molecular flexibility index (Phi) is 6.67. The zero-order valence-electron chi connectivity index (χ0n) is 14.1. The Morgan fingerprint density at radius 2 is 1.79 bits per heavy atom. The molecule has 2 rings (SSSR count). The lowest BCUT2D eigenvalue weighted by Gasteiger charge is -2.22. The third kappa shape index (κ3) is 4.74. The normalized spacial score (nSPS) is 10.5. The van der Waals surface area contributed by atoms with Crippen LogP contribution in [0.4, 0.5) is 5.69 Å². The van der Waals surface area contributed by atoms with Gasteiger partial charge in [-0.2, -0.15) is 0 Å². The first kappa shape index (κ1) is 18.3. The lowest BCUT2D eigenvalue weighted by Crippen LogP contribution is -2.25. The summed E-state index contributed by atoms with van der Waals surface area (Å²) in [6.07, 6.45) is 0.765. The SMILES string of the molecule is CCN(CC)c1ccc(CCNC(=O)c2ccc(O)cc2)cc1Br. The number of aromatic hydroxyl groups is 1. The third-order valence-corrected chi connectivity index (χ3v) is 4.58. The molecule has 2 aromatic rings. The van der Waals surface area contributed by atoms with Crippen LogP contribution in [0.2, 0.25) is 0 Å². The van der Waals surface area contributed by atoms with Gasteiger partial charge in [0.2, 0.25) is 0 Å². The number of phenols is 1. The molecule has 0 saturated heterocycles. The standard InChI is InChI=1S/C19H23BrN2O2/c1-3-22(4-2)18-10-5-14(13-17(18)20)11-12-21-19(24)15-6-8-16(23)9-7-15/h5-10,13,23H,3-4,11-12H2,1-2H3,(H,21,24). The van der Waals surface area contributed by atoms with E-state index >= 15 is 0 Å². The summed E-state index contributed by atoms with van der Waals surface area (Å²) in [7, 11) is 0. The summed E-state index contributed by atoms with van der Waals surface area (Å²) in [4.78, 5) is 14.3. The number of anilines is 1. The van der Waals surface area contributed by atoms with Gasteiger partial charge < -0.3 is 15.3 Å². The average molecular weight is 391 g/mol. The quantitative estimate of drug-likeness (QED) is 0.751. The van der Waals surface area contributed by atoms with Crippen molar-refractivity contribution in [2.45, 2.75) is 20.3 Å². The molecule has 2 aromatic carbocycles. The van der Waals surface area contributed by atoms with Gasteiger partial charge in [0, 0.05) is 29.7 Å². The molecule has 0 heterocycles. The number of rotatable bonds is 7. The van der Waals surface area contributed by atoms with Gasteiger partial charge in [-0.1, -0.05) is 6.07 Å². The molecule has 4 nitrogen and oxygen atoms in total. The highest BCUT2D eigenvalue weighted by Gasteiger charge is 2.08. The predicted octanol–water partition coefficient (Wildman–Crippen LogP) is 3.97. The first-order valence-corrected chi connectivity index (χ1v) is 8.95. The highest BCUT2D eigenvalue weighted by Crippen LogP contribution is 2.27. The molecule has 2 N–H and O–H groups in total. The molecule has 0 unspecified atom stereocenters. The fraction of sp³-hybridized carbons (Fsp3) is 0.316. The Bertz CT molecular complexity index is 682. The van der Waals surface area contributed by atoms with Crippen molar-refractivity contribution in [1.82, 2.24) is 5.32 Å². The maximum absolute atomic E-state index is 12.0. The van der Waals surface area contributed by atoms with Crippen molar-refractivity contribution in [3.63, 3.8) is 0 Å². The number of phenolic OH excluding ortho intramolecular Hbond substituents is 1. The van der Waals surface area contributed by atoms with Gasteiger partial charge in [-0.3, -0.25) is 4.79 Å². The summed E-state index contributed by atoms with van der Waals surface area (Å²) >= 11 is 3.64. The van der Waals surface area contributed by atoms with Crippen LogP contribution < -0.4 is 10.2 Å². The molecule has 128 valence electrons. The highest BCUT2D eigenvalue weighted by atomic mass is 79.9. The smallest absolute Gasteiger partial charge is 0.251 e. The minimum atomic E-state index is -0.131. The summed E-state index contributed by atoms with van der Waals surface area (Å²) < 4.78 is 1.08. The van der Waals surface area contributed by atoms with E-state index in [0.717, 1.165) is 24.0 Å². The second-order valence-corrected chi connectivity index (χ2v) is 6.37. The van der Waals surface area contributed by atoms with E-state index in [1.54, 1.807) is 12.1 Å². The van der Waals surface area contributed by atoms with Crippen LogP contribution in [0.15, 0.2) is 46.9 Å². The molecule has 0 atom stereocenters. The van der Waals surface area contributed by atoms with Gasteiger partial charge in [-0.05, 0) is 78.2 Å². The molecule has 0 aliphatic rings. The minimum absolute atomic E-state index is 0.131. The fourth-order valence-corrected chi connectivity index (χ4v) is 3.24. The summed E-state index contributed by atoms with van der Waals surface area (Å²) in [6, 6.07) is 12.6. The van der Waals surface area contributed by atoms with Crippen molar-refractivity contribution < 1.29 is 9.90 Å². The van der Waals surface area contributed by atoms with E-state index in [-0.39, 0.29) is 11.7 Å². The van der Waals surface area contributed by atoms with E-state index < -0.39 is 0 Å². The molecular formula is C19H23BrN2O2. The summed E-state index contributed by atoms with van der Waals surface area (Å²) in [6.45, 7) is 6.79. The number of nitrogens with zero attached hydrogens (tertiary/aromatic N) is 1. The number of carbonyl (C=O) groups is 1. The van der Waals surface area contributed by atoms with E-state index in [2.05, 4.69) is 58.2 Å². The molecule has 0 aliphatic carbocycles. The summed E-state index contributed by atoms with van der Waals surface area (Å²) in [5.41, 5.74) is 2.91. The molecule has 0 spiro atoms. The summed E-state index contributed by atoms with van der Waals surface area (Å²) in [5, 5.41) is 12.1. The minimum Gasteiger partial charge on any atom is -0.508 e. The summed E-state index contributed by atoms with van der Waals surface area (Å²) in [5.74, 6) is 0.0264. The lowest BCUT2D eigenvalue weighted by atomic mass is 10.1. The number of nitrogens with one attached hydrogen (secondary N) is 1. The molecule has 0 bridgehead atoms. The first-order chi connectivity index (χ1) is 11.5. The van der Waals surface area contributed by atoms with Crippen molar-refractivity contribution in [2.75, 3.05) is 24.5 Å². The number of benzene rings is 2. The molecule has 0 saturated carbocycles. The fourth-order valence-electron chi connectivity index (χ4n) is 2.56. The van der Waals surface area contributed by atoms with E-state index in [9.17, 15) is 9.90 Å². The van der Waals surface area contributed by atoms with Crippen molar-refractivity contribution in [3.05, 3.63) is 58.1 Å². The van der Waals surface area contributed by atoms with Gasteiger partial charge in [0.05, 0.1) is 5.69 Å². The molecule has 0 radical (unpaired) electrons. The van der Waals surface area contributed by atoms with Crippen LogP contribution in [0.3, 0.4) is 0 Å². The van der Waals surface area contributed by atoms with Crippen LogP contribution in [-0.4, -0.2) is 30.6 Å². The number of hydrogen-bond acceptors (Lipinski definition) is 3. The van der Waals surface area contributed by atoms with Gasteiger partial charge in [0.25, 0.3) is 5.91 Å². The Morgan fingerprint density at radius 1 is 1.12 bits per heavy atom. The van der Waals surface area contributed by atoms with Crippen LogP contribution in [0, 0.1) is 0 Å². The zero-order chi connectivity index (χ0) is 17.5. The Morgan fingerprint density at radius 3 is 2.38 bits per heavy atom. The van der Waals surface area contributed by atoms with E-state index in [1.165, 1.54) is 23.4 Å². The molecule has 24 heavy (non-hydrogen) atoms. The average Bonchev–Trinajstić information content (AvgIpc) is 2.58. The Hall–Kier alpha value is -2.01. The topological polar surface area (TPSA) is 52.6 Å². The van der Waals surface area contributed by atoms with Gasteiger partial charge >= 0.3 is 0 Å². The van der Waals surface area contributed by atoms with Gasteiger partial charge in [-0.15, -0.1) is 0 Å². The van der Waals surface area contributed by atoms with E-state index in [0.29, 0.717) is 12.1 Å². The van der Waals surface area contributed by atoms with Gasteiger partial charge in [0.1, 0.15) is 5.75 Å². The van der Waals surface area contributed by atoms with Crippen LogP contribution in [0.25, 0.3) is 0 Å². The van der Waals surface area contributed by atoms with Crippen LogP contribution in [-0.2, 0) is 6.42 Å². The largest absolute Gasteiger partial charge is 0.508 e. The van der Waals surface area contributed by atoms with Crippen molar-refractivity contribution in [1.29, 1.82) is 0 Å². The number of amides is 1. The van der Waals surface area contributed by atoms with Crippen molar-refractivity contribution in [2.24, 2.45) is 0 Å². The molecule has 0 aromatic heterocycles. The molecule has 5 heteroatoms. The third-order valence-electron chi connectivity index (χ3n) is 3.94. The second-order valence-electron chi connectivity index (χ2n) is 5.51. The van der Waals surface area contributed by atoms with Gasteiger partial charge in [0.15, 0.2) is 0 Å². The van der Waals surface area contributed by atoms with Crippen LogP contribution in [0.1, 0.15) is 29.8 Å². The number of carbonyl (C=O) groups excluding carboxylic acids is 1. The number of hydrogen-bond donors (Lipinski definition) is 2. The molecule has 0 aliphatic heterocycles.